The quantitative estimate of drug-likeness (QED) is 0.393. The Labute approximate surface area is 222 Å². The molecule has 0 unspecified atom stereocenters. The van der Waals surface area contributed by atoms with Crippen LogP contribution >= 0.6 is 11.6 Å². The van der Waals surface area contributed by atoms with Gasteiger partial charge < -0.3 is 15.0 Å². The second-order valence-corrected chi connectivity index (χ2v) is 10.4. The van der Waals surface area contributed by atoms with E-state index in [9.17, 15) is 18.0 Å². The fourth-order valence-corrected chi connectivity index (χ4v) is 5.42. The van der Waals surface area contributed by atoms with Gasteiger partial charge in [-0.1, -0.05) is 60.1 Å². The Bertz CT molecular complexity index is 1330. The molecule has 0 aromatic heterocycles. The molecule has 3 rings (SSSR count). The van der Waals surface area contributed by atoms with E-state index in [0.717, 1.165) is 4.31 Å². The Hall–Kier alpha value is -3.56. The zero-order valence-corrected chi connectivity index (χ0v) is 22.5. The molecule has 0 aliphatic carbocycles. The zero-order chi connectivity index (χ0) is 27.0. The van der Waals surface area contributed by atoms with Gasteiger partial charge in [0, 0.05) is 18.6 Å². The predicted octanol–water partition coefficient (Wildman–Crippen LogP) is 4.10. The van der Waals surface area contributed by atoms with Crippen molar-refractivity contribution in [1.29, 1.82) is 0 Å². The molecule has 0 aliphatic rings. The third kappa shape index (κ3) is 6.61. The van der Waals surface area contributed by atoms with Crippen LogP contribution in [0.3, 0.4) is 0 Å². The summed E-state index contributed by atoms with van der Waals surface area (Å²) in [5, 5.41) is 2.98. The minimum atomic E-state index is -4.18. The van der Waals surface area contributed by atoms with E-state index in [4.69, 9.17) is 16.3 Å². The van der Waals surface area contributed by atoms with E-state index in [1.165, 1.54) is 24.1 Å². The Morgan fingerprint density at radius 2 is 1.59 bits per heavy atom. The normalized spacial score (nSPS) is 11.9. The molecule has 0 saturated carbocycles. The van der Waals surface area contributed by atoms with Crippen LogP contribution in [0.25, 0.3) is 0 Å². The maximum Gasteiger partial charge on any atom is 0.264 e. The third-order valence-corrected chi connectivity index (χ3v) is 7.90. The molecule has 8 nitrogen and oxygen atoms in total. The molecule has 37 heavy (non-hydrogen) atoms. The van der Waals surface area contributed by atoms with E-state index in [-0.39, 0.29) is 17.1 Å². The van der Waals surface area contributed by atoms with Crippen LogP contribution in [-0.4, -0.2) is 51.4 Å². The van der Waals surface area contributed by atoms with Gasteiger partial charge in [-0.25, -0.2) is 8.42 Å². The summed E-state index contributed by atoms with van der Waals surface area (Å²) < 4.78 is 34.4. The number of hydrogen-bond donors (Lipinski definition) is 1. The molecular formula is C27H30ClN3O5S. The van der Waals surface area contributed by atoms with Gasteiger partial charge >= 0.3 is 0 Å². The fraction of sp³-hybridized carbons (Fsp3) is 0.259. The van der Waals surface area contributed by atoms with Crippen molar-refractivity contribution in [2.75, 3.05) is 24.5 Å². The molecule has 1 atom stereocenters. The first-order valence-corrected chi connectivity index (χ1v) is 13.6. The highest BCUT2D eigenvalue weighted by atomic mass is 35.5. The number of nitrogens with zero attached hydrogens (tertiary/aromatic N) is 2. The third-order valence-electron chi connectivity index (χ3n) is 5.76. The lowest BCUT2D eigenvalue weighted by Gasteiger charge is -2.32. The smallest absolute Gasteiger partial charge is 0.264 e. The minimum Gasteiger partial charge on any atom is -0.492 e. The number of para-hydroxylation sites is 2. The lowest BCUT2D eigenvalue weighted by Crippen LogP contribution is -2.50. The van der Waals surface area contributed by atoms with Gasteiger partial charge in [0.1, 0.15) is 18.3 Å². The second-order valence-electron chi connectivity index (χ2n) is 8.13. The fourth-order valence-electron chi connectivity index (χ4n) is 3.78. The van der Waals surface area contributed by atoms with Crippen LogP contribution in [0, 0.1) is 0 Å². The highest BCUT2D eigenvalue weighted by Crippen LogP contribution is 2.33. The summed E-state index contributed by atoms with van der Waals surface area (Å²) in [5.41, 5.74) is 0.840. The highest BCUT2D eigenvalue weighted by Gasteiger charge is 2.33. The molecular weight excluding hydrogens is 514 g/mol. The first-order valence-electron chi connectivity index (χ1n) is 11.7. The average Bonchev–Trinajstić information content (AvgIpc) is 2.91. The molecule has 10 heteroatoms. The van der Waals surface area contributed by atoms with Crippen molar-refractivity contribution in [1.82, 2.24) is 10.2 Å². The molecule has 0 saturated heterocycles. The number of nitrogens with one attached hydrogen (secondary N) is 1. The molecule has 0 heterocycles. The second kappa shape index (κ2) is 12.6. The maximum absolute atomic E-state index is 13.8. The predicted molar refractivity (Wildman–Crippen MR) is 144 cm³/mol. The van der Waals surface area contributed by atoms with Gasteiger partial charge in [0.2, 0.25) is 11.8 Å². The van der Waals surface area contributed by atoms with Crippen molar-refractivity contribution < 1.29 is 22.7 Å². The number of sulfonamides is 1. The monoisotopic (exact) mass is 543 g/mol. The van der Waals surface area contributed by atoms with Gasteiger partial charge in [-0.05, 0) is 49.7 Å². The topological polar surface area (TPSA) is 96.0 Å². The first-order chi connectivity index (χ1) is 17.7. The molecule has 1 N–H and O–H groups in total. The Morgan fingerprint density at radius 1 is 0.973 bits per heavy atom. The molecule has 0 bridgehead atoms. The van der Waals surface area contributed by atoms with E-state index in [1.54, 1.807) is 80.6 Å². The zero-order valence-electron chi connectivity index (χ0n) is 20.9. The molecule has 0 fully saturated rings. The highest BCUT2D eigenvalue weighted by molar-refractivity contribution is 7.92. The first kappa shape index (κ1) is 28.0. The van der Waals surface area contributed by atoms with Crippen LogP contribution in [0.5, 0.6) is 5.75 Å². The van der Waals surface area contributed by atoms with Crippen LogP contribution in [0.1, 0.15) is 19.4 Å². The van der Waals surface area contributed by atoms with Crippen molar-refractivity contribution in [3.05, 3.63) is 89.4 Å². The maximum atomic E-state index is 13.8. The summed E-state index contributed by atoms with van der Waals surface area (Å²) >= 11 is 6.34. The van der Waals surface area contributed by atoms with E-state index < -0.39 is 34.4 Å². The Kier molecular flexibility index (Phi) is 9.54. The number of hydrogen-bond acceptors (Lipinski definition) is 5. The number of ether oxygens (including phenoxy) is 1. The number of carbonyl (C=O) groups is 2. The molecule has 3 aromatic carbocycles. The van der Waals surface area contributed by atoms with Crippen LogP contribution in [-0.2, 0) is 26.2 Å². The molecule has 0 spiro atoms. The van der Waals surface area contributed by atoms with Gasteiger partial charge in [0.15, 0.2) is 0 Å². The standard InChI is InChI=1S/C27H30ClN3O5S/c1-4-36-25-17-11-10-16-24(25)31(37(34,35)22-13-6-5-7-14-22)19-26(32)30(20(2)27(33)29-3)18-21-12-8-9-15-23(21)28/h5-17,20H,4,18-19H2,1-3H3,(H,29,33)/t20-/m0/s1. The summed E-state index contributed by atoms with van der Waals surface area (Å²) in [6.45, 7) is 3.12. The van der Waals surface area contributed by atoms with Crippen LogP contribution in [0.4, 0.5) is 5.69 Å². The van der Waals surface area contributed by atoms with Crippen LogP contribution in [0.2, 0.25) is 5.02 Å². The summed E-state index contributed by atoms with van der Waals surface area (Å²) in [5.74, 6) is -0.663. The summed E-state index contributed by atoms with van der Waals surface area (Å²) in [4.78, 5) is 27.7. The molecule has 0 aliphatic heterocycles. The molecule has 0 radical (unpaired) electrons. The number of benzene rings is 3. The number of amides is 2. The minimum absolute atomic E-state index is 0.0133. The van der Waals surface area contributed by atoms with Crippen molar-refractivity contribution in [3.8, 4) is 5.75 Å². The lowest BCUT2D eigenvalue weighted by molar-refractivity contribution is -0.139. The summed E-state index contributed by atoms with van der Waals surface area (Å²) in [6.07, 6.45) is 0. The van der Waals surface area contributed by atoms with Crippen molar-refractivity contribution in [2.45, 2.75) is 31.3 Å². The van der Waals surface area contributed by atoms with Crippen molar-refractivity contribution >= 4 is 39.1 Å². The van der Waals surface area contributed by atoms with Crippen molar-refractivity contribution in [2.24, 2.45) is 0 Å². The number of rotatable bonds is 11. The number of likely N-dealkylation sites (N-methyl/N-ethyl adjacent to an activating group) is 1. The van der Waals surface area contributed by atoms with E-state index in [0.29, 0.717) is 22.9 Å². The number of carbonyl (C=O) groups excluding carboxylic acids is 2. The molecule has 3 aromatic rings. The summed E-state index contributed by atoms with van der Waals surface area (Å²) in [6, 6.07) is 20.6. The van der Waals surface area contributed by atoms with E-state index in [1.807, 2.05) is 0 Å². The number of halogens is 1. The van der Waals surface area contributed by atoms with Crippen molar-refractivity contribution in [3.63, 3.8) is 0 Å². The Balaban J connectivity index is 2.08. The Morgan fingerprint density at radius 3 is 2.24 bits per heavy atom. The SMILES string of the molecule is CCOc1ccccc1N(CC(=O)N(Cc1ccccc1Cl)[C@@H](C)C(=O)NC)S(=O)(=O)c1ccccc1. The van der Waals surface area contributed by atoms with Gasteiger partial charge in [-0.15, -0.1) is 0 Å². The van der Waals surface area contributed by atoms with Gasteiger partial charge in [0.05, 0.1) is 17.2 Å². The van der Waals surface area contributed by atoms with Crippen LogP contribution in [0.15, 0.2) is 83.8 Å². The number of anilines is 1. The van der Waals surface area contributed by atoms with Gasteiger partial charge in [0.25, 0.3) is 10.0 Å². The van der Waals surface area contributed by atoms with Crippen LogP contribution < -0.4 is 14.4 Å². The van der Waals surface area contributed by atoms with Gasteiger partial charge in [-0.3, -0.25) is 13.9 Å². The molecule has 196 valence electrons. The summed E-state index contributed by atoms with van der Waals surface area (Å²) in [7, 11) is -2.70. The average molecular weight is 544 g/mol. The molecule has 2 amide bonds. The van der Waals surface area contributed by atoms with Gasteiger partial charge in [-0.2, -0.15) is 0 Å². The lowest BCUT2D eigenvalue weighted by atomic mass is 10.1. The van der Waals surface area contributed by atoms with E-state index in [2.05, 4.69) is 5.32 Å². The van der Waals surface area contributed by atoms with E-state index >= 15 is 0 Å². The largest absolute Gasteiger partial charge is 0.492 e.